The number of rotatable bonds is 30. The van der Waals surface area contributed by atoms with Crippen molar-refractivity contribution in [3.8, 4) is 23.7 Å². The van der Waals surface area contributed by atoms with Crippen LogP contribution < -0.4 is 24.9 Å². The molecule has 4 aliphatic carbocycles. The number of halogens is 2. The van der Waals surface area contributed by atoms with Crippen molar-refractivity contribution < 1.29 is 100 Å². The van der Waals surface area contributed by atoms with Crippen molar-refractivity contribution in [2.24, 2.45) is 58.2 Å². The molecule has 2 N–H and O–H groups in total. The fraction of sp³-hybridized carbons (Fsp3) is 0.596. The van der Waals surface area contributed by atoms with E-state index in [1.807, 2.05) is 88.0 Å². The first kappa shape index (κ1) is 111. The molecular weight excluding hydrogens is 1930 g/mol. The van der Waals surface area contributed by atoms with Crippen LogP contribution in [0.5, 0.6) is 0 Å². The van der Waals surface area contributed by atoms with E-state index >= 15 is 0 Å². The van der Waals surface area contributed by atoms with Gasteiger partial charge in [0.05, 0.1) is 110 Å². The van der Waals surface area contributed by atoms with E-state index in [-0.39, 0.29) is 74.9 Å². The summed E-state index contributed by atoms with van der Waals surface area (Å²) in [5.41, 5.74) is 2.79. The largest absolute Gasteiger partial charge is 0.477 e. The van der Waals surface area contributed by atoms with Gasteiger partial charge in [0.2, 0.25) is 23.6 Å². The Morgan fingerprint density at radius 2 is 0.695 bits per heavy atom. The van der Waals surface area contributed by atoms with Crippen molar-refractivity contribution in [3.05, 3.63) is 98.9 Å². The number of methoxy groups -OCH3 is 10. The Morgan fingerprint density at radius 3 is 1.04 bits per heavy atom. The van der Waals surface area contributed by atoms with Crippen LogP contribution in [0.2, 0.25) is 0 Å². The molecule has 0 bridgehead atoms. The molecule has 0 spiro atoms. The predicted molar refractivity (Wildman–Crippen MR) is 524 cm³/mol. The fourth-order valence-electron chi connectivity index (χ4n) is 14.3. The topological polar surface area (TPSA) is 308 Å². The summed E-state index contributed by atoms with van der Waals surface area (Å²) in [6.07, 6.45) is 15.7. The summed E-state index contributed by atoms with van der Waals surface area (Å²) in [6, 6.07) is 11.0. The summed E-state index contributed by atoms with van der Waals surface area (Å²) in [6.45, 7) is 25.6. The van der Waals surface area contributed by atoms with Crippen LogP contribution in [0.4, 0.5) is 28.4 Å². The van der Waals surface area contributed by atoms with Gasteiger partial charge in [-0.05, 0) is 259 Å². The lowest BCUT2D eigenvalue weighted by Crippen LogP contribution is -2.40. The third kappa shape index (κ3) is 36.1. The summed E-state index contributed by atoms with van der Waals surface area (Å²) in [4.78, 5) is 134. The highest BCUT2D eigenvalue weighted by molar-refractivity contribution is 14.1. The molecule has 0 aliphatic heterocycles. The molecule has 0 radical (unpaired) electrons. The number of nitrogens with zero attached hydrogens (tertiary/aromatic N) is 4. The second-order valence-electron chi connectivity index (χ2n) is 33.8. The van der Waals surface area contributed by atoms with Gasteiger partial charge in [0, 0.05) is 107 Å². The zero-order chi connectivity index (χ0) is 95.0. The van der Waals surface area contributed by atoms with E-state index in [1.54, 1.807) is 61.2 Å². The minimum Gasteiger partial charge on any atom is -0.477 e. The second-order valence-corrected chi connectivity index (χ2v) is 42.4. The Balaban J connectivity index is 0.000000279. The number of hydrogen-bond acceptors (Lipinski definition) is 27. The number of ether oxygens (including phenoxy) is 10. The smallest absolute Gasteiger partial charge is 0.350 e. The van der Waals surface area contributed by atoms with Gasteiger partial charge in [0.15, 0.2) is 0 Å². The predicted octanol–water partition coefficient (Wildman–Crippen LogP) is 20.6. The molecule has 4 saturated carbocycles. The Hall–Kier alpha value is -7.17. The molecular formula is C94H131BrIN5O21S6. The van der Waals surface area contributed by atoms with Gasteiger partial charge in [-0.25, -0.2) is 28.8 Å². The summed E-state index contributed by atoms with van der Waals surface area (Å²) >= 11 is 13.2. The van der Waals surface area contributed by atoms with E-state index in [9.17, 15) is 53.1 Å². The van der Waals surface area contributed by atoms with E-state index in [4.69, 9.17) is 37.9 Å². The number of nitrogens with one attached hydrogen (secondary N) is 1. The molecule has 0 aromatic carbocycles. The zero-order valence-electron chi connectivity index (χ0n) is 77.8. The Bertz CT molecular complexity index is 4630. The van der Waals surface area contributed by atoms with Crippen LogP contribution in [-0.2, 0) is 66.5 Å². The maximum Gasteiger partial charge on any atom is 0.350 e. The lowest BCUT2D eigenvalue weighted by Gasteiger charge is -2.31. The first-order chi connectivity index (χ1) is 60.9. The van der Waals surface area contributed by atoms with Crippen molar-refractivity contribution in [1.29, 1.82) is 0 Å². The minimum atomic E-state index is -1.03. The molecule has 4 aliphatic rings. The number of aromatic carboxylic acids is 1. The molecule has 26 nitrogen and oxygen atoms in total. The van der Waals surface area contributed by atoms with Gasteiger partial charge in [-0.2, -0.15) is 0 Å². The maximum absolute atomic E-state index is 13.4. The van der Waals surface area contributed by atoms with Crippen molar-refractivity contribution in [2.75, 3.05) is 162 Å². The van der Waals surface area contributed by atoms with Crippen molar-refractivity contribution in [3.63, 3.8) is 0 Å². The van der Waals surface area contributed by atoms with Crippen LogP contribution in [0.1, 0.15) is 240 Å². The first-order valence-electron chi connectivity index (χ1n) is 43.0. The van der Waals surface area contributed by atoms with Crippen LogP contribution in [0.15, 0.2) is 57.0 Å². The van der Waals surface area contributed by atoms with Crippen molar-refractivity contribution in [2.45, 2.75) is 172 Å². The number of esters is 5. The van der Waals surface area contributed by atoms with E-state index in [0.717, 1.165) is 132 Å². The fourth-order valence-corrected chi connectivity index (χ4v) is 20.9. The summed E-state index contributed by atoms with van der Waals surface area (Å²) in [5.74, 6) is 12.6. The first-order valence-corrected chi connectivity index (χ1v) is 49.9. The third-order valence-corrected chi connectivity index (χ3v) is 29.1. The molecule has 34 heteroatoms. The number of anilines is 5. The van der Waals surface area contributed by atoms with Crippen LogP contribution in [0.25, 0.3) is 0 Å². The number of hydrogen-bond donors (Lipinski definition) is 2. The van der Waals surface area contributed by atoms with Crippen molar-refractivity contribution >= 4 is 194 Å². The highest BCUT2D eigenvalue weighted by atomic mass is 127. The third-order valence-electron chi connectivity index (χ3n) is 21.6. The van der Waals surface area contributed by atoms with E-state index in [0.29, 0.717) is 141 Å². The summed E-state index contributed by atoms with van der Waals surface area (Å²) in [5, 5.41) is 18.3. The van der Waals surface area contributed by atoms with Gasteiger partial charge in [0.25, 0.3) is 0 Å². The van der Waals surface area contributed by atoms with Crippen LogP contribution in [-0.4, -0.2) is 201 Å². The monoisotopic (exact) mass is 2060 g/mol. The Morgan fingerprint density at radius 1 is 0.398 bits per heavy atom. The molecule has 6 aromatic rings. The molecule has 6 aromatic heterocycles. The zero-order valence-corrected chi connectivity index (χ0v) is 86.4. The Labute approximate surface area is 802 Å². The number of amides is 4. The second kappa shape index (κ2) is 57.3. The number of thiophene rings is 6. The van der Waals surface area contributed by atoms with E-state index in [2.05, 4.69) is 105 Å². The van der Waals surface area contributed by atoms with Crippen LogP contribution in [0, 0.1) is 84.7 Å². The molecule has 4 amide bonds. The molecule has 10 rings (SSSR count). The van der Waals surface area contributed by atoms with Gasteiger partial charge in [-0.1, -0.05) is 51.4 Å². The van der Waals surface area contributed by atoms with Crippen LogP contribution >= 0.6 is 107 Å². The maximum atomic E-state index is 13.4. The van der Waals surface area contributed by atoms with Gasteiger partial charge in [-0.3, -0.25) is 19.2 Å². The number of carboxylic acids is 1. The van der Waals surface area contributed by atoms with Gasteiger partial charge in [0.1, 0.15) is 29.3 Å². The van der Waals surface area contributed by atoms with Crippen LogP contribution in [0.3, 0.4) is 0 Å². The lowest BCUT2D eigenvalue weighted by atomic mass is 9.82. The molecule has 0 unspecified atom stereocenters. The van der Waals surface area contributed by atoms with Gasteiger partial charge >= 0.3 is 35.8 Å². The number of carbonyl (C=O) groups is 10. The molecule has 708 valence electrons. The molecule has 6 heterocycles. The minimum absolute atomic E-state index is 0.000388. The van der Waals surface area contributed by atoms with E-state index in [1.165, 1.54) is 92.2 Å². The van der Waals surface area contributed by atoms with Crippen molar-refractivity contribution in [1.82, 2.24) is 0 Å². The van der Waals surface area contributed by atoms with Gasteiger partial charge in [-0.15, -0.1) is 68.0 Å². The highest BCUT2D eigenvalue weighted by Crippen LogP contribution is 2.41. The lowest BCUT2D eigenvalue weighted by molar-refractivity contribution is -0.124. The number of carbonyl (C=O) groups excluding carboxylic acids is 9. The highest BCUT2D eigenvalue weighted by Gasteiger charge is 2.37. The standard InChI is InChI=1S/C23H33NO4S.C22H31NO4S.C17H24INO4S.C17H25NO4S.C9H13NO3S.C6H5BrO2S/c1-16-7-9-17(10-8-16)21(25)24(13-14-27-5)19-15-18(11-12-23(2,3)4)29-20(19)22(26)28-6;1-15-6-8-16(9-7-15)20(24)23(12-13-27-5)18-14-17(10-11-22(2,3)4)28-19(18)21(25)26;1-11-4-6-12(7-5-11)16(20)19(8-9-22-2)13-10-14(18)24-15(13)17(21)23-3;1-12-4-6-13(7-5-12)16(19)18(9-10-21-2)14-8-11-23-15(14)17(20)22-3;1-12-5-4-10-7-3-6-14-8(7)9(11)13-2;1-9-6(8)5-4(7)2-3-10-5/h15-17H,7-10,13-14H2,1-6H3;14-16H,6-9,12-13H2,1-5H3,(H,25,26);10-12H,4-9H2,1-3H3;8,11-13H,4-7,9-10H2,1-3H3;3,6,10H,4-5H2,1-2H3;2-3H,1H3. The molecule has 0 saturated heterocycles. The average Bonchev–Trinajstić information content (AvgIpc) is 1.66. The molecule has 128 heavy (non-hydrogen) atoms. The molecule has 4 fully saturated rings. The number of carboxylic acid groups (broad SMARTS) is 1. The van der Waals surface area contributed by atoms with E-state index < -0.39 is 23.9 Å². The summed E-state index contributed by atoms with van der Waals surface area (Å²) < 4.78 is 51.2. The SMILES string of the molecule is COC(=O)c1sccc1Br.COCCN(C(=O)C1CCC(C)CC1)c1cc(C#CC(C)(C)C)sc1C(=O)O.COCCN(C(=O)C1CCC(C)CC1)c1cc(C#CC(C)(C)C)sc1C(=O)OC.COCCN(C(=O)C1CCC(C)CC1)c1cc(I)sc1C(=O)OC.COCCN(C(=O)C1CCC(C)CC1)c1ccsc1C(=O)OC.COCCNc1ccsc1C(=O)OC. The quantitative estimate of drug-likeness (QED) is 0.0139. The summed E-state index contributed by atoms with van der Waals surface area (Å²) in [7, 11) is 14.9. The van der Waals surface area contributed by atoms with Gasteiger partial charge < -0.3 is 77.4 Å². The Kier molecular flexibility index (Phi) is 49.9. The average molecular weight is 2070 g/mol. The molecule has 0 atom stereocenters. The normalized spacial score (nSPS) is 18.1.